The highest BCUT2D eigenvalue weighted by Gasteiger charge is 2.13. The van der Waals surface area contributed by atoms with Gasteiger partial charge >= 0.3 is 0 Å². The van der Waals surface area contributed by atoms with Crippen molar-refractivity contribution in [3.8, 4) is 11.5 Å². The number of benzene rings is 1. The fourth-order valence-electron chi connectivity index (χ4n) is 2.63. The Morgan fingerprint density at radius 3 is 3.04 bits per heavy atom. The summed E-state index contributed by atoms with van der Waals surface area (Å²) in [5, 5.41) is 5.19. The second-order valence-corrected chi connectivity index (χ2v) is 6.64. The maximum Gasteiger partial charge on any atom is 0.257 e. The maximum atomic E-state index is 12.5. The van der Waals surface area contributed by atoms with E-state index in [0.717, 1.165) is 29.7 Å². The van der Waals surface area contributed by atoms with E-state index in [1.807, 2.05) is 17.5 Å². The molecule has 0 unspecified atom stereocenters. The first-order chi connectivity index (χ1) is 12.7. The largest absolute Gasteiger partial charge is 0.463 e. The monoisotopic (exact) mass is 367 g/mol. The Kier molecular flexibility index (Phi) is 4.51. The van der Waals surface area contributed by atoms with Gasteiger partial charge in [0.15, 0.2) is 10.9 Å². The lowest BCUT2D eigenvalue weighted by atomic mass is 10.2. The van der Waals surface area contributed by atoms with Crippen molar-refractivity contribution in [2.24, 2.45) is 5.73 Å². The summed E-state index contributed by atoms with van der Waals surface area (Å²) in [5.41, 5.74) is 8.45. The highest BCUT2D eigenvalue weighted by atomic mass is 32.1. The number of furan rings is 1. The number of carbonyl (C=O) groups excluding carboxylic acids is 1. The quantitative estimate of drug-likeness (QED) is 0.484. The van der Waals surface area contributed by atoms with Gasteiger partial charge in [-0.15, -0.1) is 11.3 Å². The Bertz CT molecular complexity index is 1040. The number of H-pyrrole nitrogens is 1. The zero-order valence-corrected chi connectivity index (χ0v) is 14.7. The first-order valence-electron chi connectivity index (χ1n) is 8.22. The van der Waals surface area contributed by atoms with Crippen molar-refractivity contribution in [2.75, 3.05) is 11.9 Å². The number of carbonyl (C=O) groups is 1. The van der Waals surface area contributed by atoms with Crippen molar-refractivity contribution < 1.29 is 9.21 Å². The van der Waals surface area contributed by atoms with Crippen LogP contribution in [-0.4, -0.2) is 27.4 Å². The van der Waals surface area contributed by atoms with Gasteiger partial charge in [-0.05, 0) is 43.3 Å². The average molecular weight is 367 g/mol. The predicted molar refractivity (Wildman–Crippen MR) is 101 cm³/mol. The van der Waals surface area contributed by atoms with Crippen molar-refractivity contribution in [3.63, 3.8) is 0 Å². The lowest BCUT2D eigenvalue weighted by Gasteiger charge is -2.01. The summed E-state index contributed by atoms with van der Waals surface area (Å²) in [7, 11) is 0. The van der Waals surface area contributed by atoms with Crippen molar-refractivity contribution in [3.05, 3.63) is 53.4 Å². The van der Waals surface area contributed by atoms with E-state index in [-0.39, 0.29) is 5.91 Å². The van der Waals surface area contributed by atoms with Crippen LogP contribution in [0.25, 0.3) is 22.5 Å². The number of hydrogen-bond donors (Lipinski definition) is 3. The number of aromatic amines is 1. The van der Waals surface area contributed by atoms with Crippen LogP contribution >= 0.6 is 11.3 Å². The zero-order valence-electron chi connectivity index (χ0n) is 13.9. The van der Waals surface area contributed by atoms with Crippen LogP contribution in [0, 0.1) is 0 Å². The minimum Gasteiger partial charge on any atom is -0.463 e. The van der Waals surface area contributed by atoms with Crippen LogP contribution in [0.4, 0.5) is 5.13 Å². The van der Waals surface area contributed by atoms with Crippen LogP contribution in [0.15, 0.2) is 46.4 Å². The Balaban J connectivity index is 1.50. The molecule has 0 radical (unpaired) electrons. The molecule has 0 aliphatic rings. The first-order valence-corrected chi connectivity index (χ1v) is 9.10. The number of rotatable bonds is 6. The highest BCUT2D eigenvalue weighted by molar-refractivity contribution is 7.14. The lowest BCUT2D eigenvalue weighted by molar-refractivity contribution is 0.102. The van der Waals surface area contributed by atoms with E-state index in [4.69, 9.17) is 10.2 Å². The Hall–Kier alpha value is -2.97. The third kappa shape index (κ3) is 3.37. The number of aryl methyl sites for hydroxylation is 1. The van der Waals surface area contributed by atoms with Crippen LogP contribution in [0.1, 0.15) is 22.6 Å². The molecule has 0 saturated heterocycles. The van der Waals surface area contributed by atoms with E-state index < -0.39 is 0 Å². The molecule has 1 aromatic carbocycles. The molecule has 0 atom stereocenters. The fraction of sp³-hybridized carbons (Fsp3) is 0.167. The van der Waals surface area contributed by atoms with Crippen LogP contribution in [-0.2, 0) is 6.42 Å². The number of aromatic nitrogens is 3. The second kappa shape index (κ2) is 7.11. The number of nitrogens with zero attached hydrogens (tertiary/aromatic N) is 2. The van der Waals surface area contributed by atoms with Gasteiger partial charge in [-0.1, -0.05) is 0 Å². The minimum atomic E-state index is -0.217. The topological polar surface area (TPSA) is 110 Å². The molecule has 132 valence electrons. The molecule has 1 amide bonds. The minimum absolute atomic E-state index is 0.217. The summed E-state index contributed by atoms with van der Waals surface area (Å²) in [6.45, 7) is 0.624. The molecule has 26 heavy (non-hydrogen) atoms. The molecule has 4 rings (SSSR count). The number of amides is 1. The van der Waals surface area contributed by atoms with Gasteiger partial charge in [-0.25, -0.2) is 9.97 Å². The van der Waals surface area contributed by atoms with E-state index in [1.165, 1.54) is 11.3 Å². The maximum absolute atomic E-state index is 12.5. The van der Waals surface area contributed by atoms with E-state index in [2.05, 4.69) is 20.3 Å². The van der Waals surface area contributed by atoms with E-state index in [1.54, 1.807) is 24.5 Å². The summed E-state index contributed by atoms with van der Waals surface area (Å²) in [5.74, 6) is 1.34. The molecule has 0 spiro atoms. The van der Waals surface area contributed by atoms with Crippen molar-refractivity contribution in [1.29, 1.82) is 0 Å². The number of thiazole rings is 1. The van der Waals surface area contributed by atoms with Gasteiger partial charge in [0.25, 0.3) is 5.91 Å². The average Bonchev–Trinajstić information content (AvgIpc) is 3.38. The molecule has 0 aliphatic carbocycles. The van der Waals surface area contributed by atoms with E-state index in [0.29, 0.717) is 28.7 Å². The summed E-state index contributed by atoms with van der Waals surface area (Å²) in [4.78, 5) is 24.6. The third-order valence-electron chi connectivity index (χ3n) is 3.91. The number of nitrogens with two attached hydrogens (primary N) is 1. The molecule has 3 aromatic heterocycles. The van der Waals surface area contributed by atoms with Crippen molar-refractivity contribution in [1.82, 2.24) is 15.0 Å². The normalized spacial score (nSPS) is 11.1. The Morgan fingerprint density at radius 2 is 2.23 bits per heavy atom. The van der Waals surface area contributed by atoms with Gasteiger partial charge in [0.2, 0.25) is 0 Å². The number of fused-ring (bicyclic) bond motifs is 1. The molecule has 0 fully saturated rings. The molecule has 8 heteroatoms. The molecule has 4 N–H and O–H groups in total. The predicted octanol–water partition coefficient (Wildman–Crippen LogP) is 3.42. The smallest absolute Gasteiger partial charge is 0.257 e. The number of hydrogen-bond acceptors (Lipinski definition) is 6. The van der Waals surface area contributed by atoms with Crippen LogP contribution < -0.4 is 11.1 Å². The molecular formula is C18H17N5O2S. The zero-order chi connectivity index (χ0) is 17.9. The van der Waals surface area contributed by atoms with Crippen LogP contribution in [0.5, 0.6) is 0 Å². The summed E-state index contributed by atoms with van der Waals surface area (Å²) >= 11 is 1.35. The van der Waals surface area contributed by atoms with Gasteiger partial charge in [-0.2, -0.15) is 0 Å². The van der Waals surface area contributed by atoms with E-state index in [9.17, 15) is 4.79 Å². The van der Waals surface area contributed by atoms with Crippen molar-refractivity contribution >= 4 is 33.4 Å². The summed E-state index contributed by atoms with van der Waals surface area (Å²) < 4.78 is 5.31. The molecule has 0 bridgehead atoms. The van der Waals surface area contributed by atoms with Gasteiger partial charge < -0.3 is 15.1 Å². The molecule has 7 nitrogen and oxygen atoms in total. The van der Waals surface area contributed by atoms with Crippen molar-refractivity contribution in [2.45, 2.75) is 12.8 Å². The summed E-state index contributed by atoms with van der Waals surface area (Å²) in [6.07, 6.45) is 3.25. The van der Waals surface area contributed by atoms with Crippen LogP contribution in [0.2, 0.25) is 0 Å². The number of anilines is 1. The number of imidazole rings is 1. The van der Waals surface area contributed by atoms with Gasteiger partial charge in [0.1, 0.15) is 11.5 Å². The molecule has 4 aromatic rings. The first kappa shape index (κ1) is 16.5. The second-order valence-electron chi connectivity index (χ2n) is 5.78. The molecule has 3 heterocycles. The fourth-order valence-corrected chi connectivity index (χ4v) is 3.32. The van der Waals surface area contributed by atoms with E-state index >= 15 is 0 Å². The highest BCUT2D eigenvalue weighted by Crippen LogP contribution is 2.25. The molecule has 0 saturated carbocycles. The Labute approximate surface area is 153 Å². The SMILES string of the molecule is NCCCc1nc2ccc(C(=O)Nc3nc(-c4ccco4)cs3)cc2[nH]1. The number of nitrogens with one attached hydrogen (secondary N) is 2. The van der Waals surface area contributed by atoms with Gasteiger partial charge in [0, 0.05) is 17.4 Å². The Morgan fingerprint density at radius 1 is 1.31 bits per heavy atom. The molecular weight excluding hydrogens is 350 g/mol. The third-order valence-corrected chi connectivity index (χ3v) is 4.67. The van der Waals surface area contributed by atoms with Gasteiger partial charge in [0.05, 0.1) is 17.3 Å². The summed E-state index contributed by atoms with van der Waals surface area (Å²) in [6, 6.07) is 9.02. The standard InChI is InChI=1S/C18H17N5O2S/c19-7-1-4-16-20-12-6-5-11(9-13(12)21-16)17(24)23-18-22-14(10-26-18)15-3-2-8-25-15/h2-3,5-6,8-10H,1,4,7,19H2,(H,20,21)(H,22,23,24). The van der Waals surface area contributed by atoms with Gasteiger partial charge in [-0.3, -0.25) is 10.1 Å². The lowest BCUT2D eigenvalue weighted by Crippen LogP contribution is -2.11. The molecule has 0 aliphatic heterocycles. The van der Waals surface area contributed by atoms with Crippen LogP contribution in [0.3, 0.4) is 0 Å².